The topological polar surface area (TPSA) is 51.4 Å². The molecule has 0 bridgehead atoms. The third kappa shape index (κ3) is 5.67. The van der Waals surface area contributed by atoms with Gasteiger partial charge in [-0.15, -0.1) is 0 Å². The summed E-state index contributed by atoms with van der Waals surface area (Å²) in [7, 11) is 0. The third-order valence-electron chi connectivity index (χ3n) is 3.61. The lowest BCUT2D eigenvalue weighted by Crippen LogP contribution is -2.27. The van der Waals surface area contributed by atoms with E-state index in [-0.39, 0.29) is 0 Å². The molecule has 1 heterocycles. The van der Waals surface area contributed by atoms with Crippen molar-refractivity contribution >= 4 is 0 Å². The van der Waals surface area contributed by atoms with Gasteiger partial charge in [-0.05, 0) is 56.6 Å². The van der Waals surface area contributed by atoms with Gasteiger partial charge in [-0.1, -0.05) is 19.0 Å². The summed E-state index contributed by atoms with van der Waals surface area (Å²) in [4.78, 5) is 6.72. The second-order valence-corrected chi connectivity index (χ2v) is 5.71. The Balaban J connectivity index is 1.76. The third-order valence-corrected chi connectivity index (χ3v) is 3.61. The fourth-order valence-corrected chi connectivity index (χ4v) is 2.56. The first kappa shape index (κ1) is 17.5. The quantitative estimate of drug-likeness (QED) is 0.621. The molecule has 1 aromatic carbocycles. The first-order valence-corrected chi connectivity index (χ1v) is 8.48. The number of aryl methyl sites for hydroxylation is 1. The van der Waals surface area contributed by atoms with E-state index in [9.17, 15) is 0 Å². The molecular formula is C18H27N3O2. The number of hydrogen-bond donors (Lipinski definition) is 0. The molecule has 0 saturated carbocycles. The number of ether oxygens (including phenoxy) is 1. The molecule has 23 heavy (non-hydrogen) atoms. The van der Waals surface area contributed by atoms with Gasteiger partial charge in [0.2, 0.25) is 11.7 Å². The molecule has 5 nitrogen and oxygen atoms in total. The van der Waals surface area contributed by atoms with Crippen LogP contribution < -0.4 is 4.74 Å². The van der Waals surface area contributed by atoms with Crippen molar-refractivity contribution in [2.75, 3.05) is 26.2 Å². The second kappa shape index (κ2) is 9.30. The summed E-state index contributed by atoms with van der Waals surface area (Å²) >= 11 is 0. The highest BCUT2D eigenvalue weighted by Crippen LogP contribution is 2.19. The highest BCUT2D eigenvalue weighted by Gasteiger charge is 2.06. The Bertz CT molecular complexity index is 560. The Morgan fingerprint density at radius 2 is 1.74 bits per heavy atom. The van der Waals surface area contributed by atoms with Gasteiger partial charge in [0.25, 0.3) is 0 Å². The van der Waals surface area contributed by atoms with Crippen LogP contribution in [0, 0.1) is 6.92 Å². The van der Waals surface area contributed by atoms with Crippen LogP contribution in [-0.4, -0.2) is 41.3 Å². The lowest BCUT2D eigenvalue weighted by atomic mass is 10.2. The maximum Gasteiger partial charge on any atom is 0.223 e. The lowest BCUT2D eigenvalue weighted by Gasteiger charge is -2.20. The minimum Gasteiger partial charge on any atom is -0.494 e. The van der Waals surface area contributed by atoms with Gasteiger partial charge in [-0.3, -0.25) is 0 Å². The largest absolute Gasteiger partial charge is 0.494 e. The molecule has 0 aliphatic carbocycles. The molecule has 0 aliphatic heterocycles. The van der Waals surface area contributed by atoms with Crippen LogP contribution >= 0.6 is 0 Å². The Morgan fingerprint density at radius 3 is 2.30 bits per heavy atom. The zero-order valence-electron chi connectivity index (χ0n) is 14.4. The fraction of sp³-hybridized carbons (Fsp3) is 0.556. The van der Waals surface area contributed by atoms with Crippen LogP contribution in [0.2, 0.25) is 0 Å². The van der Waals surface area contributed by atoms with Crippen LogP contribution in [0.4, 0.5) is 0 Å². The van der Waals surface area contributed by atoms with E-state index in [1.165, 1.54) is 25.9 Å². The molecule has 0 amide bonds. The van der Waals surface area contributed by atoms with Crippen molar-refractivity contribution in [1.82, 2.24) is 15.0 Å². The molecule has 0 unspecified atom stereocenters. The molecule has 0 aliphatic rings. The average molecular weight is 317 g/mol. The van der Waals surface area contributed by atoms with Crippen LogP contribution in [0.1, 0.15) is 39.0 Å². The Hall–Kier alpha value is -1.88. The maximum atomic E-state index is 5.82. The summed E-state index contributed by atoms with van der Waals surface area (Å²) in [5, 5.41) is 3.91. The molecule has 0 fully saturated rings. The Kier molecular flexibility index (Phi) is 7.07. The molecule has 0 radical (unpaired) electrons. The summed E-state index contributed by atoms with van der Waals surface area (Å²) < 4.78 is 10.8. The summed E-state index contributed by atoms with van der Waals surface area (Å²) in [6.07, 6.45) is 3.46. The number of aromatic nitrogens is 2. The van der Waals surface area contributed by atoms with Gasteiger partial charge in [0.05, 0.1) is 6.61 Å². The standard InChI is InChI=1S/C18H27N3O2/c1-4-11-21(12-5-2)13-6-14-22-17-9-7-16(8-10-17)18-19-15(3)23-20-18/h7-10H,4-6,11-14H2,1-3H3. The molecule has 1 aromatic heterocycles. The number of nitrogens with zero attached hydrogens (tertiary/aromatic N) is 3. The van der Waals surface area contributed by atoms with Crippen molar-refractivity contribution in [2.45, 2.75) is 40.0 Å². The second-order valence-electron chi connectivity index (χ2n) is 5.71. The summed E-state index contributed by atoms with van der Waals surface area (Å²) in [5.74, 6) is 2.07. The molecule has 2 rings (SSSR count). The van der Waals surface area contributed by atoms with Gasteiger partial charge in [-0.2, -0.15) is 4.98 Å². The predicted octanol–water partition coefficient (Wildman–Crippen LogP) is 3.94. The predicted molar refractivity (Wildman–Crippen MR) is 91.6 cm³/mol. The monoisotopic (exact) mass is 317 g/mol. The normalized spacial score (nSPS) is 11.1. The summed E-state index contributed by atoms with van der Waals surface area (Å²) in [5.41, 5.74) is 0.936. The first-order valence-electron chi connectivity index (χ1n) is 8.48. The van der Waals surface area contributed by atoms with E-state index in [4.69, 9.17) is 9.26 Å². The van der Waals surface area contributed by atoms with Gasteiger partial charge in [-0.25, -0.2) is 0 Å². The molecular weight excluding hydrogens is 290 g/mol. The first-order chi connectivity index (χ1) is 11.2. The van der Waals surface area contributed by atoms with E-state index in [1.54, 1.807) is 6.92 Å². The number of hydrogen-bond acceptors (Lipinski definition) is 5. The van der Waals surface area contributed by atoms with Crippen LogP contribution in [0.5, 0.6) is 5.75 Å². The smallest absolute Gasteiger partial charge is 0.223 e. The molecule has 5 heteroatoms. The van der Waals surface area contributed by atoms with Gasteiger partial charge < -0.3 is 14.2 Å². The van der Waals surface area contributed by atoms with Crippen molar-refractivity contribution < 1.29 is 9.26 Å². The molecule has 126 valence electrons. The fourth-order valence-electron chi connectivity index (χ4n) is 2.56. The highest BCUT2D eigenvalue weighted by molar-refractivity contribution is 5.55. The van der Waals surface area contributed by atoms with Gasteiger partial charge in [0.1, 0.15) is 5.75 Å². The molecule has 0 spiro atoms. The van der Waals surface area contributed by atoms with Crippen molar-refractivity contribution in [3.63, 3.8) is 0 Å². The van der Waals surface area contributed by atoms with Gasteiger partial charge in [0.15, 0.2) is 0 Å². The van der Waals surface area contributed by atoms with Crippen LogP contribution in [0.25, 0.3) is 11.4 Å². The molecule has 0 N–H and O–H groups in total. The van der Waals surface area contributed by atoms with E-state index < -0.39 is 0 Å². The molecule has 0 saturated heterocycles. The Morgan fingerprint density at radius 1 is 1.04 bits per heavy atom. The van der Waals surface area contributed by atoms with Crippen molar-refractivity contribution in [3.05, 3.63) is 30.2 Å². The van der Waals surface area contributed by atoms with E-state index >= 15 is 0 Å². The van der Waals surface area contributed by atoms with Crippen molar-refractivity contribution in [3.8, 4) is 17.1 Å². The molecule has 2 aromatic rings. The van der Waals surface area contributed by atoms with E-state index in [2.05, 4.69) is 28.9 Å². The van der Waals surface area contributed by atoms with Crippen LogP contribution in [-0.2, 0) is 0 Å². The van der Waals surface area contributed by atoms with Crippen molar-refractivity contribution in [2.24, 2.45) is 0 Å². The zero-order chi connectivity index (χ0) is 16.5. The zero-order valence-corrected chi connectivity index (χ0v) is 14.4. The molecule has 0 atom stereocenters. The Labute approximate surface area is 138 Å². The summed E-state index contributed by atoms with van der Waals surface area (Å²) in [6, 6.07) is 7.83. The van der Waals surface area contributed by atoms with Gasteiger partial charge in [0, 0.05) is 19.0 Å². The minimum absolute atomic E-state index is 0.573. The average Bonchev–Trinajstić information content (AvgIpc) is 2.99. The number of benzene rings is 1. The van der Waals surface area contributed by atoms with Gasteiger partial charge >= 0.3 is 0 Å². The number of rotatable bonds is 10. The van der Waals surface area contributed by atoms with E-state index in [0.717, 1.165) is 30.9 Å². The maximum absolute atomic E-state index is 5.82. The minimum atomic E-state index is 0.573. The summed E-state index contributed by atoms with van der Waals surface area (Å²) in [6.45, 7) is 10.4. The van der Waals surface area contributed by atoms with Crippen LogP contribution in [0.15, 0.2) is 28.8 Å². The van der Waals surface area contributed by atoms with E-state index in [0.29, 0.717) is 11.7 Å². The van der Waals surface area contributed by atoms with Crippen molar-refractivity contribution in [1.29, 1.82) is 0 Å². The lowest BCUT2D eigenvalue weighted by molar-refractivity contribution is 0.234. The highest BCUT2D eigenvalue weighted by atomic mass is 16.5. The SMILES string of the molecule is CCCN(CCC)CCCOc1ccc(-c2noc(C)n2)cc1. The van der Waals surface area contributed by atoms with E-state index in [1.807, 2.05) is 24.3 Å². The van der Waals surface area contributed by atoms with Crippen LogP contribution in [0.3, 0.4) is 0 Å².